The number of nitrogens with zero attached hydrogens (tertiary/aromatic N) is 2. The zero-order valence-electron chi connectivity index (χ0n) is 7.83. The summed E-state index contributed by atoms with van der Waals surface area (Å²) >= 11 is 0. The molecule has 12 heavy (non-hydrogen) atoms. The SMILES string of the molecule is CCC1=C(C(C)C)C=NN=C=C1. The lowest BCUT2D eigenvalue weighted by Gasteiger charge is -2.08. The molecule has 0 unspecified atom stereocenters. The lowest BCUT2D eigenvalue weighted by atomic mass is 9.97. The van der Waals surface area contributed by atoms with E-state index in [4.69, 9.17) is 0 Å². The summed E-state index contributed by atoms with van der Waals surface area (Å²) in [5, 5.41) is 7.60. The van der Waals surface area contributed by atoms with E-state index in [1.165, 1.54) is 11.1 Å². The maximum atomic E-state index is 3.87. The summed E-state index contributed by atoms with van der Waals surface area (Å²) in [5.41, 5.74) is 2.56. The Labute approximate surface area is 73.4 Å². The van der Waals surface area contributed by atoms with Gasteiger partial charge in [-0.05, 0) is 23.5 Å². The molecule has 0 atom stereocenters. The minimum absolute atomic E-state index is 0.509. The Morgan fingerprint density at radius 3 is 2.83 bits per heavy atom. The molecule has 1 aliphatic heterocycles. The van der Waals surface area contributed by atoms with Gasteiger partial charge in [-0.2, -0.15) is 5.10 Å². The predicted octanol–water partition coefficient (Wildman–Crippen LogP) is 2.57. The molecule has 0 saturated carbocycles. The molecule has 2 nitrogen and oxygen atoms in total. The predicted molar refractivity (Wildman–Crippen MR) is 52.7 cm³/mol. The van der Waals surface area contributed by atoms with E-state index in [9.17, 15) is 0 Å². The summed E-state index contributed by atoms with van der Waals surface area (Å²) in [6.07, 6.45) is 4.77. The normalized spacial score (nSPS) is 16.0. The summed E-state index contributed by atoms with van der Waals surface area (Å²) < 4.78 is 0. The number of rotatable bonds is 2. The van der Waals surface area contributed by atoms with Gasteiger partial charge in [0.1, 0.15) is 0 Å². The molecular weight excluding hydrogens is 148 g/mol. The molecule has 0 amide bonds. The first-order chi connectivity index (χ1) is 5.75. The fraction of sp³-hybridized carbons (Fsp3) is 0.500. The molecule has 1 aliphatic rings. The largest absolute Gasteiger partial charge is 0.150 e. The van der Waals surface area contributed by atoms with Gasteiger partial charge >= 0.3 is 0 Å². The molecule has 64 valence electrons. The van der Waals surface area contributed by atoms with E-state index in [1.807, 2.05) is 12.3 Å². The first kappa shape index (κ1) is 8.95. The molecule has 0 aromatic heterocycles. The van der Waals surface area contributed by atoms with Crippen LogP contribution in [0.2, 0.25) is 0 Å². The summed E-state index contributed by atoms with van der Waals surface area (Å²) in [7, 11) is 0. The number of allylic oxidation sites excluding steroid dienone is 3. The van der Waals surface area contributed by atoms with Gasteiger partial charge in [0, 0.05) is 11.9 Å². The first-order valence-corrected chi connectivity index (χ1v) is 4.30. The molecular formula is C10H14N2. The Balaban J connectivity index is 3.06. The summed E-state index contributed by atoms with van der Waals surface area (Å²) in [6, 6.07) is 0. The third-order valence-electron chi connectivity index (χ3n) is 1.92. The third-order valence-corrected chi connectivity index (χ3v) is 1.92. The van der Waals surface area contributed by atoms with E-state index < -0.39 is 0 Å². The van der Waals surface area contributed by atoms with Crippen LogP contribution in [0.15, 0.2) is 27.4 Å². The van der Waals surface area contributed by atoms with Crippen LogP contribution in [0.4, 0.5) is 0 Å². The highest BCUT2D eigenvalue weighted by Crippen LogP contribution is 2.17. The Bertz CT molecular complexity index is 276. The van der Waals surface area contributed by atoms with Crippen molar-refractivity contribution in [2.24, 2.45) is 16.1 Å². The Kier molecular flexibility index (Phi) is 3.01. The molecule has 0 fully saturated rings. The van der Waals surface area contributed by atoms with Crippen molar-refractivity contribution in [1.29, 1.82) is 0 Å². The summed E-state index contributed by atoms with van der Waals surface area (Å²) in [5.74, 6) is 3.29. The van der Waals surface area contributed by atoms with Gasteiger partial charge in [-0.1, -0.05) is 20.8 Å². The molecule has 0 bridgehead atoms. The van der Waals surface area contributed by atoms with Crippen molar-refractivity contribution in [2.75, 3.05) is 0 Å². The lowest BCUT2D eigenvalue weighted by molar-refractivity contribution is 0.792. The van der Waals surface area contributed by atoms with E-state index in [0.29, 0.717) is 5.92 Å². The van der Waals surface area contributed by atoms with Crippen molar-refractivity contribution < 1.29 is 0 Å². The smallest absolute Gasteiger partial charge is 0.0541 e. The zero-order valence-corrected chi connectivity index (χ0v) is 7.83. The molecule has 2 heteroatoms. The average Bonchev–Trinajstić information content (AvgIpc) is 2.27. The quantitative estimate of drug-likeness (QED) is 0.596. The van der Waals surface area contributed by atoms with Crippen molar-refractivity contribution in [3.05, 3.63) is 17.2 Å². The second-order valence-electron chi connectivity index (χ2n) is 3.11. The van der Waals surface area contributed by atoms with Gasteiger partial charge < -0.3 is 0 Å². The van der Waals surface area contributed by atoms with Crippen molar-refractivity contribution in [2.45, 2.75) is 27.2 Å². The molecule has 0 aromatic rings. The fourth-order valence-corrected chi connectivity index (χ4v) is 1.22. The number of hydrogen-bond donors (Lipinski definition) is 0. The topological polar surface area (TPSA) is 24.7 Å². The minimum atomic E-state index is 0.509. The van der Waals surface area contributed by atoms with Gasteiger partial charge in [-0.15, -0.1) is 5.10 Å². The highest BCUT2D eigenvalue weighted by atomic mass is 15.2. The van der Waals surface area contributed by atoms with Crippen LogP contribution < -0.4 is 0 Å². The Morgan fingerprint density at radius 1 is 1.50 bits per heavy atom. The number of hydrogen-bond acceptors (Lipinski definition) is 2. The van der Waals surface area contributed by atoms with Crippen molar-refractivity contribution in [1.82, 2.24) is 0 Å². The van der Waals surface area contributed by atoms with E-state index in [1.54, 1.807) is 0 Å². The molecule has 0 aliphatic carbocycles. The molecule has 0 N–H and O–H groups in total. The lowest BCUT2D eigenvalue weighted by Crippen LogP contribution is -1.99. The maximum Gasteiger partial charge on any atom is 0.0541 e. The van der Waals surface area contributed by atoms with Gasteiger partial charge in [0.15, 0.2) is 0 Å². The van der Waals surface area contributed by atoms with Gasteiger partial charge in [-0.25, -0.2) is 0 Å². The van der Waals surface area contributed by atoms with Crippen molar-refractivity contribution in [3.63, 3.8) is 0 Å². The molecule has 0 aromatic carbocycles. The molecule has 1 heterocycles. The van der Waals surface area contributed by atoms with Crippen LogP contribution in [0.5, 0.6) is 0 Å². The highest BCUT2D eigenvalue weighted by Gasteiger charge is 2.06. The third kappa shape index (κ3) is 1.93. The van der Waals surface area contributed by atoms with Gasteiger partial charge in [0.25, 0.3) is 0 Å². The van der Waals surface area contributed by atoms with E-state index in [0.717, 1.165) is 6.42 Å². The van der Waals surface area contributed by atoms with Gasteiger partial charge in [0.2, 0.25) is 0 Å². The molecule has 0 spiro atoms. The fourth-order valence-electron chi connectivity index (χ4n) is 1.22. The van der Waals surface area contributed by atoms with Gasteiger partial charge in [-0.3, -0.25) is 0 Å². The minimum Gasteiger partial charge on any atom is -0.150 e. The standard InChI is InChI=1S/C10H14N2/c1-4-9-5-6-11-12-7-10(9)8(2)3/h5,7-8H,4H2,1-3H3. The van der Waals surface area contributed by atoms with Crippen LogP contribution in [-0.4, -0.2) is 12.1 Å². The maximum absolute atomic E-state index is 3.87. The van der Waals surface area contributed by atoms with Crippen LogP contribution in [-0.2, 0) is 0 Å². The van der Waals surface area contributed by atoms with E-state index in [-0.39, 0.29) is 0 Å². The highest BCUT2D eigenvalue weighted by molar-refractivity contribution is 5.83. The first-order valence-electron chi connectivity index (χ1n) is 4.30. The second-order valence-corrected chi connectivity index (χ2v) is 3.11. The Morgan fingerprint density at radius 2 is 2.25 bits per heavy atom. The molecule has 0 saturated heterocycles. The second kappa shape index (κ2) is 4.03. The summed E-state index contributed by atoms with van der Waals surface area (Å²) in [4.78, 5) is 0. The van der Waals surface area contributed by atoms with E-state index in [2.05, 4.69) is 36.8 Å². The average molecular weight is 162 g/mol. The Hall–Kier alpha value is -1.14. The van der Waals surface area contributed by atoms with Crippen LogP contribution in [0.25, 0.3) is 0 Å². The van der Waals surface area contributed by atoms with Crippen molar-refractivity contribution in [3.8, 4) is 0 Å². The van der Waals surface area contributed by atoms with E-state index >= 15 is 0 Å². The molecule has 1 rings (SSSR count). The van der Waals surface area contributed by atoms with Crippen LogP contribution >= 0.6 is 0 Å². The van der Waals surface area contributed by atoms with Crippen molar-refractivity contribution >= 4 is 12.1 Å². The summed E-state index contributed by atoms with van der Waals surface area (Å²) in [6.45, 7) is 6.46. The van der Waals surface area contributed by atoms with Crippen LogP contribution in [0.3, 0.4) is 0 Å². The monoisotopic (exact) mass is 162 g/mol. The van der Waals surface area contributed by atoms with Gasteiger partial charge in [0.05, 0.1) is 6.21 Å². The zero-order chi connectivity index (χ0) is 8.97. The van der Waals surface area contributed by atoms with Crippen LogP contribution in [0, 0.1) is 5.92 Å². The molecule has 0 radical (unpaired) electrons. The van der Waals surface area contributed by atoms with Crippen LogP contribution in [0.1, 0.15) is 27.2 Å².